The van der Waals surface area contributed by atoms with E-state index in [1.54, 1.807) is 6.07 Å². The van der Waals surface area contributed by atoms with Gasteiger partial charge in [0.05, 0.1) is 21.8 Å². The molecule has 0 unspecified atom stereocenters. The van der Waals surface area contributed by atoms with Gasteiger partial charge in [0.25, 0.3) is 5.91 Å². The van der Waals surface area contributed by atoms with E-state index in [1.807, 2.05) is 49.4 Å². The minimum absolute atomic E-state index is 0.165. The standard InChI is InChI=1S/C28H27ClN4O/c1-19-17-26(22-9-4-5-11-24(22)31-19)32-25-12-6-10-23(27(25)29)28(34)30-14-16-33-15-13-20-7-2-3-8-21(20)18-33/h2-12,17H,13-16,18H2,1H3,(H,30,34)(H,31,32). The number of hydrogen-bond acceptors (Lipinski definition) is 4. The normalized spacial score (nSPS) is 13.5. The lowest BCUT2D eigenvalue weighted by Gasteiger charge is -2.28. The third kappa shape index (κ3) is 4.76. The lowest BCUT2D eigenvalue weighted by molar-refractivity contribution is 0.0947. The first-order valence-electron chi connectivity index (χ1n) is 11.6. The van der Waals surface area contributed by atoms with Crippen LogP contribution in [0.25, 0.3) is 10.9 Å². The molecule has 34 heavy (non-hydrogen) atoms. The Hall–Kier alpha value is -3.41. The number of anilines is 2. The molecule has 0 fully saturated rings. The monoisotopic (exact) mass is 470 g/mol. The second-order valence-corrected chi connectivity index (χ2v) is 9.05. The first kappa shape index (κ1) is 22.4. The van der Waals surface area contributed by atoms with Crippen LogP contribution in [0.3, 0.4) is 0 Å². The van der Waals surface area contributed by atoms with Gasteiger partial charge < -0.3 is 10.6 Å². The fraction of sp³-hybridized carbons (Fsp3) is 0.214. The molecule has 1 amide bonds. The number of amides is 1. The molecule has 0 radical (unpaired) electrons. The van der Waals surface area contributed by atoms with Crippen LogP contribution in [0.5, 0.6) is 0 Å². The summed E-state index contributed by atoms with van der Waals surface area (Å²) in [5, 5.41) is 7.86. The minimum atomic E-state index is -0.165. The third-order valence-corrected chi connectivity index (χ3v) is 6.69. The number of pyridine rings is 1. The fourth-order valence-electron chi connectivity index (χ4n) is 4.53. The van der Waals surface area contributed by atoms with Gasteiger partial charge in [0.2, 0.25) is 0 Å². The van der Waals surface area contributed by atoms with E-state index < -0.39 is 0 Å². The number of carbonyl (C=O) groups excluding carboxylic acids is 1. The number of rotatable bonds is 6. The maximum absolute atomic E-state index is 12.9. The van der Waals surface area contributed by atoms with Crippen molar-refractivity contribution < 1.29 is 4.79 Å². The zero-order valence-electron chi connectivity index (χ0n) is 19.1. The van der Waals surface area contributed by atoms with Crippen molar-refractivity contribution in [2.75, 3.05) is 25.0 Å². The number of nitrogens with zero attached hydrogens (tertiary/aromatic N) is 2. The number of hydrogen-bond donors (Lipinski definition) is 2. The van der Waals surface area contributed by atoms with Crippen molar-refractivity contribution in [2.45, 2.75) is 19.9 Å². The first-order valence-corrected chi connectivity index (χ1v) is 12.0. The van der Waals surface area contributed by atoms with Gasteiger partial charge in [-0.25, -0.2) is 0 Å². The van der Waals surface area contributed by atoms with E-state index in [-0.39, 0.29) is 5.91 Å². The fourth-order valence-corrected chi connectivity index (χ4v) is 4.79. The molecule has 1 aliphatic heterocycles. The molecule has 0 saturated carbocycles. The smallest absolute Gasteiger partial charge is 0.252 e. The largest absolute Gasteiger partial charge is 0.354 e. The number of carbonyl (C=O) groups is 1. The molecule has 2 heterocycles. The summed E-state index contributed by atoms with van der Waals surface area (Å²) in [5.74, 6) is -0.165. The summed E-state index contributed by atoms with van der Waals surface area (Å²) in [5.41, 5.74) is 6.69. The van der Waals surface area contributed by atoms with Crippen molar-refractivity contribution in [1.82, 2.24) is 15.2 Å². The van der Waals surface area contributed by atoms with Gasteiger partial charge in [-0.3, -0.25) is 14.7 Å². The molecule has 0 spiro atoms. The van der Waals surface area contributed by atoms with Gasteiger partial charge in [0, 0.05) is 42.9 Å². The van der Waals surface area contributed by atoms with E-state index in [2.05, 4.69) is 44.8 Å². The van der Waals surface area contributed by atoms with Gasteiger partial charge in [-0.15, -0.1) is 0 Å². The highest BCUT2D eigenvalue weighted by Gasteiger charge is 2.17. The Balaban J connectivity index is 1.25. The lowest BCUT2D eigenvalue weighted by atomic mass is 10.00. The summed E-state index contributed by atoms with van der Waals surface area (Å²) in [6.45, 7) is 5.27. The van der Waals surface area contributed by atoms with Crippen LogP contribution in [0.4, 0.5) is 11.4 Å². The molecule has 5 rings (SSSR count). The predicted octanol–water partition coefficient (Wildman–Crippen LogP) is 5.73. The predicted molar refractivity (Wildman–Crippen MR) is 139 cm³/mol. The van der Waals surface area contributed by atoms with Crippen molar-refractivity contribution in [3.05, 3.63) is 100 Å². The van der Waals surface area contributed by atoms with Crippen molar-refractivity contribution in [2.24, 2.45) is 0 Å². The summed E-state index contributed by atoms with van der Waals surface area (Å²) < 4.78 is 0. The summed E-state index contributed by atoms with van der Waals surface area (Å²) in [6, 6.07) is 24.0. The summed E-state index contributed by atoms with van der Waals surface area (Å²) in [7, 11) is 0. The van der Waals surface area contributed by atoms with Crippen LogP contribution in [0, 0.1) is 6.92 Å². The van der Waals surface area contributed by atoms with E-state index in [0.29, 0.717) is 22.8 Å². The van der Waals surface area contributed by atoms with Crippen molar-refractivity contribution in [3.63, 3.8) is 0 Å². The third-order valence-electron chi connectivity index (χ3n) is 6.28. The molecule has 2 N–H and O–H groups in total. The van der Waals surface area contributed by atoms with Gasteiger partial charge in [-0.1, -0.05) is 60.1 Å². The molecular formula is C28H27ClN4O. The van der Waals surface area contributed by atoms with Crippen LogP contribution < -0.4 is 10.6 Å². The lowest BCUT2D eigenvalue weighted by Crippen LogP contribution is -2.37. The summed E-state index contributed by atoms with van der Waals surface area (Å²) in [6.07, 6.45) is 1.05. The zero-order valence-corrected chi connectivity index (χ0v) is 19.9. The van der Waals surface area contributed by atoms with Crippen LogP contribution in [0.2, 0.25) is 5.02 Å². The number of halogens is 1. The van der Waals surface area contributed by atoms with Crippen LogP contribution in [0.1, 0.15) is 27.2 Å². The van der Waals surface area contributed by atoms with Crippen LogP contribution >= 0.6 is 11.6 Å². The maximum Gasteiger partial charge on any atom is 0.252 e. The molecule has 5 nitrogen and oxygen atoms in total. The van der Waals surface area contributed by atoms with Crippen LogP contribution in [-0.4, -0.2) is 35.4 Å². The maximum atomic E-state index is 12.9. The average molecular weight is 471 g/mol. The van der Waals surface area contributed by atoms with E-state index in [1.165, 1.54) is 11.1 Å². The Kier molecular flexibility index (Phi) is 6.48. The van der Waals surface area contributed by atoms with Crippen molar-refractivity contribution in [3.8, 4) is 0 Å². The Labute approximate surface area is 204 Å². The molecule has 0 aliphatic carbocycles. The Morgan fingerprint density at radius 2 is 1.79 bits per heavy atom. The minimum Gasteiger partial charge on any atom is -0.354 e. The molecule has 3 aromatic carbocycles. The Morgan fingerprint density at radius 1 is 1.00 bits per heavy atom. The first-order chi connectivity index (χ1) is 16.6. The average Bonchev–Trinajstić information content (AvgIpc) is 2.85. The number of benzene rings is 3. The Bertz CT molecular complexity index is 1350. The van der Waals surface area contributed by atoms with Gasteiger partial charge in [0.1, 0.15) is 0 Å². The number of aryl methyl sites for hydroxylation is 1. The quantitative estimate of drug-likeness (QED) is 0.378. The topological polar surface area (TPSA) is 57.3 Å². The molecular weight excluding hydrogens is 444 g/mol. The van der Waals surface area contributed by atoms with E-state index in [0.717, 1.165) is 48.3 Å². The van der Waals surface area contributed by atoms with Gasteiger partial charge in [-0.2, -0.15) is 0 Å². The van der Waals surface area contributed by atoms with Crippen LogP contribution in [0.15, 0.2) is 72.8 Å². The molecule has 0 saturated heterocycles. The van der Waals surface area contributed by atoms with Gasteiger partial charge in [0.15, 0.2) is 0 Å². The molecule has 0 bridgehead atoms. The zero-order chi connectivity index (χ0) is 23.5. The molecule has 0 atom stereocenters. The van der Waals surface area contributed by atoms with Crippen molar-refractivity contribution in [1.29, 1.82) is 0 Å². The molecule has 172 valence electrons. The second-order valence-electron chi connectivity index (χ2n) is 8.67. The van der Waals surface area contributed by atoms with E-state index >= 15 is 0 Å². The van der Waals surface area contributed by atoms with Gasteiger partial charge in [-0.05, 0) is 48.7 Å². The van der Waals surface area contributed by atoms with Crippen LogP contribution in [-0.2, 0) is 13.0 Å². The highest BCUT2D eigenvalue weighted by molar-refractivity contribution is 6.36. The number of para-hydroxylation sites is 1. The molecule has 1 aliphatic rings. The van der Waals surface area contributed by atoms with E-state index in [4.69, 9.17) is 11.6 Å². The molecule has 1 aromatic heterocycles. The Morgan fingerprint density at radius 3 is 2.68 bits per heavy atom. The SMILES string of the molecule is Cc1cc(Nc2cccc(C(=O)NCCN3CCc4ccccc4C3)c2Cl)c2ccccc2n1. The van der Waals surface area contributed by atoms with Crippen molar-refractivity contribution >= 4 is 39.8 Å². The number of aromatic nitrogens is 1. The highest BCUT2D eigenvalue weighted by atomic mass is 35.5. The summed E-state index contributed by atoms with van der Waals surface area (Å²) >= 11 is 6.68. The number of fused-ring (bicyclic) bond motifs is 2. The molecule has 6 heteroatoms. The molecule has 4 aromatic rings. The highest BCUT2D eigenvalue weighted by Crippen LogP contribution is 2.32. The van der Waals surface area contributed by atoms with E-state index in [9.17, 15) is 4.79 Å². The van der Waals surface area contributed by atoms with Gasteiger partial charge >= 0.3 is 0 Å². The number of nitrogens with one attached hydrogen (secondary N) is 2. The summed E-state index contributed by atoms with van der Waals surface area (Å²) in [4.78, 5) is 19.9. The second kappa shape index (κ2) is 9.84.